The zero-order valence-electron chi connectivity index (χ0n) is 17.6. The standard InChI is InChI=1S/C22H26N4O4S/c1-29-19-7-8-22(21(14-19)30-2)31(27,28)24-15-17-13-20(16-9-11-23-12-10-16)26(25-17)18-5-3-4-6-18/h7-14,18,24H,3-6,15H2,1-2H3. The SMILES string of the molecule is COc1ccc(S(=O)(=O)NCc2cc(-c3ccncc3)n(C3CCCC3)n2)c(OC)c1. The molecule has 1 saturated carbocycles. The molecule has 0 aliphatic heterocycles. The summed E-state index contributed by atoms with van der Waals surface area (Å²) in [5, 5.41) is 4.75. The quantitative estimate of drug-likeness (QED) is 0.573. The number of benzene rings is 1. The van der Waals surface area contributed by atoms with Crippen LogP contribution in [0.2, 0.25) is 0 Å². The maximum absolute atomic E-state index is 12.9. The summed E-state index contributed by atoms with van der Waals surface area (Å²) in [6.07, 6.45) is 8.01. The lowest BCUT2D eigenvalue weighted by Gasteiger charge is -2.14. The minimum absolute atomic E-state index is 0.0559. The molecule has 0 bridgehead atoms. The van der Waals surface area contributed by atoms with E-state index < -0.39 is 10.0 Å². The number of ether oxygens (including phenoxy) is 2. The number of aromatic nitrogens is 3. The molecule has 4 rings (SSSR count). The van der Waals surface area contributed by atoms with E-state index in [0.717, 1.165) is 24.1 Å². The molecule has 1 aliphatic carbocycles. The largest absolute Gasteiger partial charge is 0.497 e. The van der Waals surface area contributed by atoms with E-state index in [2.05, 4.69) is 9.71 Å². The number of nitrogens with zero attached hydrogens (tertiary/aromatic N) is 3. The maximum atomic E-state index is 12.9. The van der Waals surface area contributed by atoms with Crippen LogP contribution in [0.25, 0.3) is 11.3 Å². The molecular weight excluding hydrogens is 416 g/mol. The fourth-order valence-corrected chi connectivity index (χ4v) is 5.09. The Kier molecular flexibility index (Phi) is 6.24. The van der Waals surface area contributed by atoms with Crippen LogP contribution < -0.4 is 14.2 Å². The zero-order valence-corrected chi connectivity index (χ0v) is 18.4. The molecule has 31 heavy (non-hydrogen) atoms. The van der Waals surface area contributed by atoms with Gasteiger partial charge in [0.2, 0.25) is 10.0 Å². The highest BCUT2D eigenvalue weighted by atomic mass is 32.2. The van der Waals surface area contributed by atoms with Gasteiger partial charge in [0.15, 0.2) is 0 Å². The molecule has 2 heterocycles. The summed E-state index contributed by atoms with van der Waals surface area (Å²) in [5.41, 5.74) is 2.65. The number of sulfonamides is 1. The van der Waals surface area contributed by atoms with E-state index >= 15 is 0 Å². The molecule has 1 aromatic carbocycles. The summed E-state index contributed by atoms with van der Waals surface area (Å²) in [7, 11) is -0.859. The van der Waals surface area contributed by atoms with Gasteiger partial charge < -0.3 is 9.47 Å². The van der Waals surface area contributed by atoms with E-state index in [1.165, 1.54) is 33.1 Å². The first-order chi connectivity index (χ1) is 15.0. The Morgan fingerprint density at radius 3 is 2.48 bits per heavy atom. The van der Waals surface area contributed by atoms with Crippen LogP contribution in [0.3, 0.4) is 0 Å². The zero-order chi connectivity index (χ0) is 21.8. The molecule has 164 valence electrons. The fraction of sp³-hybridized carbons (Fsp3) is 0.364. The monoisotopic (exact) mass is 442 g/mol. The Balaban J connectivity index is 1.60. The lowest BCUT2D eigenvalue weighted by atomic mass is 10.1. The van der Waals surface area contributed by atoms with E-state index in [9.17, 15) is 8.42 Å². The molecule has 1 fully saturated rings. The Morgan fingerprint density at radius 2 is 1.81 bits per heavy atom. The first kappa shape index (κ1) is 21.3. The summed E-state index contributed by atoms with van der Waals surface area (Å²) in [4.78, 5) is 4.15. The van der Waals surface area contributed by atoms with Gasteiger partial charge in [0, 0.05) is 24.0 Å². The Bertz CT molecular complexity index is 1140. The number of methoxy groups -OCH3 is 2. The highest BCUT2D eigenvalue weighted by Crippen LogP contribution is 2.34. The first-order valence-electron chi connectivity index (χ1n) is 10.2. The van der Waals surface area contributed by atoms with Crippen molar-refractivity contribution >= 4 is 10.0 Å². The van der Waals surface area contributed by atoms with E-state index in [1.807, 2.05) is 22.9 Å². The second-order valence-electron chi connectivity index (χ2n) is 7.48. The molecule has 0 saturated heterocycles. The van der Waals surface area contributed by atoms with Crippen molar-refractivity contribution in [3.05, 3.63) is 54.5 Å². The minimum Gasteiger partial charge on any atom is -0.497 e. The summed E-state index contributed by atoms with van der Waals surface area (Å²) in [5.74, 6) is 0.744. The molecule has 2 aromatic heterocycles. The lowest BCUT2D eigenvalue weighted by Crippen LogP contribution is -2.24. The van der Waals surface area contributed by atoms with Gasteiger partial charge in [0.1, 0.15) is 16.4 Å². The molecule has 1 aliphatic rings. The smallest absolute Gasteiger partial charge is 0.244 e. The number of nitrogens with one attached hydrogen (secondary N) is 1. The second-order valence-corrected chi connectivity index (χ2v) is 9.22. The van der Waals surface area contributed by atoms with Crippen LogP contribution in [0.1, 0.15) is 37.4 Å². The lowest BCUT2D eigenvalue weighted by molar-refractivity contribution is 0.386. The third-order valence-electron chi connectivity index (χ3n) is 5.54. The summed E-state index contributed by atoms with van der Waals surface area (Å²) in [6, 6.07) is 10.8. The van der Waals surface area contributed by atoms with Gasteiger partial charge in [-0.05, 0) is 43.2 Å². The predicted molar refractivity (Wildman–Crippen MR) is 117 cm³/mol. The van der Waals surface area contributed by atoms with Gasteiger partial charge in [0.05, 0.1) is 38.2 Å². The molecule has 0 atom stereocenters. The van der Waals surface area contributed by atoms with Crippen molar-refractivity contribution in [3.63, 3.8) is 0 Å². The second kappa shape index (κ2) is 9.07. The summed E-state index contributed by atoms with van der Waals surface area (Å²) in [6.45, 7) is 0.0787. The number of pyridine rings is 1. The Labute approximate surface area is 182 Å². The van der Waals surface area contributed by atoms with Gasteiger partial charge in [-0.3, -0.25) is 9.67 Å². The van der Waals surface area contributed by atoms with E-state index in [0.29, 0.717) is 17.5 Å². The van der Waals surface area contributed by atoms with Crippen molar-refractivity contribution < 1.29 is 17.9 Å². The third kappa shape index (κ3) is 4.57. The molecule has 9 heteroatoms. The van der Waals surface area contributed by atoms with Gasteiger partial charge in [-0.15, -0.1) is 0 Å². The predicted octanol–water partition coefficient (Wildman–Crippen LogP) is 3.56. The fourth-order valence-electron chi connectivity index (χ4n) is 3.94. The number of hydrogen-bond acceptors (Lipinski definition) is 6. The van der Waals surface area contributed by atoms with Gasteiger partial charge in [-0.25, -0.2) is 13.1 Å². The summed E-state index contributed by atoms with van der Waals surface area (Å²) >= 11 is 0. The van der Waals surface area contributed by atoms with E-state index in [-0.39, 0.29) is 17.2 Å². The van der Waals surface area contributed by atoms with Crippen molar-refractivity contribution in [1.82, 2.24) is 19.5 Å². The van der Waals surface area contributed by atoms with Crippen molar-refractivity contribution in [3.8, 4) is 22.8 Å². The molecule has 3 aromatic rings. The Morgan fingerprint density at radius 1 is 1.06 bits per heavy atom. The van der Waals surface area contributed by atoms with E-state index in [4.69, 9.17) is 14.6 Å². The highest BCUT2D eigenvalue weighted by molar-refractivity contribution is 7.89. The Hall–Kier alpha value is -2.91. The van der Waals surface area contributed by atoms with Gasteiger partial charge in [-0.2, -0.15) is 5.10 Å². The van der Waals surface area contributed by atoms with E-state index in [1.54, 1.807) is 24.5 Å². The summed E-state index contributed by atoms with van der Waals surface area (Å²) < 4.78 is 40.9. The van der Waals surface area contributed by atoms with Crippen LogP contribution in [0.15, 0.2) is 53.7 Å². The van der Waals surface area contributed by atoms with Crippen molar-refractivity contribution in [2.24, 2.45) is 0 Å². The first-order valence-corrected chi connectivity index (χ1v) is 11.7. The number of rotatable bonds is 8. The van der Waals surface area contributed by atoms with Crippen LogP contribution in [0.5, 0.6) is 11.5 Å². The molecule has 8 nitrogen and oxygen atoms in total. The normalized spacial score (nSPS) is 14.6. The molecule has 0 amide bonds. The molecule has 0 radical (unpaired) electrons. The number of hydrogen-bond donors (Lipinski definition) is 1. The molecule has 1 N–H and O–H groups in total. The van der Waals surface area contributed by atoms with Crippen LogP contribution in [0, 0.1) is 0 Å². The van der Waals surface area contributed by atoms with Crippen molar-refractivity contribution in [1.29, 1.82) is 0 Å². The maximum Gasteiger partial charge on any atom is 0.244 e. The third-order valence-corrected chi connectivity index (χ3v) is 6.98. The van der Waals surface area contributed by atoms with Gasteiger partial charge in [-0.1, -0.05) is 12.8 Å². The average molecular weight is 443 g/mol. The van der Waals surface area contributed by atoms with Crippen LogP contribution in [-0.2, 0) is 16.6 Å². The highest BCUT2D eigenvalue weighted by Gasteiger charge is 2.24. The van der Waals surface area contributed by atoms with Gasteiger partial charge >= 0.3 is 0 Å². The topological polar surface area (TPSA) is 95.3 Å². The van der Waals surface area contributed by atoms with Crippen molar-refractivity contribution in [2.75, 3.05) is 14.2 Å². The van der Waals surface area contributed by atoms with Gasteiger partial charge in [0.25, 0.3) is 0 Å². The molecular formula is C22H26N4O4S. The van der Waals surface area contributed by atoms with Crippen LogP contribution >= 0.6 is 0 Å². The van der Waals surface area contributed by atoms with Crippen LogP contribution in [-0.4, -0.2) is 37.4 Å². The van der Waals surface area contributed by atoms with Crippen molar-refractivity contribution in [2.45, 2.75) is 43.2 Å². The average Bonchev–Trinajstić information content (AvgIpc) is 3.48. The molecule has 0 spiro atoms. The molecule has 0 unspecified atom stereocenters. The minimum atomic E-state index is -3.80. The van der Waals surface area contributed by atoms with Crippen LogP contribution in [0.4, 0.5) is 0 Å².